The number of hydrogen-bond acceptors (Lipinski definition) is 2. The lowest BCUT2D eigenvalue weighted by Crippen LogP contribution is -2.52. The average Bonchev–Trinajstić information content (AvgIpc) is 2.38. The summed E-state index contributed by atoms with van der Waals surface area (Å²) in [4.78, 5) is 12.2. The van der Waals surface area contributed by atoms with Gasteiger partial charge in [-0.25, -0.2) is 0 Å². The summed E-state index contributed by atoms with van der Waals surface area (Å²) in [6.07, 6.45) is 2.68. The molecule has 0 bridgehead atoms. The summed E-state index contributed by atoms with van der Waals surface area (Å²) in [6.45, 7) is 10.3. The number of benzene rings is 1. The molecule has 0 saturated heterocycles. The molecular formula is C18H30N2O. The third-order valence-corrected chi connectivity index (χ3v) is 3.76. The van der Waals surface area contributed by atoms with Crippen molar-refractivity contribution in [2.45, 2.75) is 65.5 Å². The van der Waals surface area contributed by atoms with Gasteiger partial charge in [0.1, 0.15) is 0 Å². The van der Waals surface area contributed by atoms with Gasteiger partial charge in [-0.3, -0.25) is 4.79 Å². The predicted molar refractivity (Wildman–Crippen MR) is 89.0 cm³/mol. The van der Waals surface area contributed by atoms with Crippen molar-refractivity contribution < 1.29 is 4.79 Å². The van der Waals surface area contributed by atoms with Gasteiger partial charge in [0.15, 0.2) is 0 Å². The second kappa shape index (κ2) is 7.60. The first-order valence-electron chi connectivity index (χ1n) is 7.95. The number of carbonyl (C=O) groups excluding carboxylic acids is 1. The van der Waals surface area contributed by atoms with Gasteiger partial charge >= 0.3 is 0 Å². The lowest BCUT2D eigenvalue weighted by molar-refractivity contribution is -0.126. The van der Waals surface area contributed by atoms with Crippen molar-refractivity contribution in [3.05, 3.63) is 35.4 Å². The molecule has 1 aromatic carbocycles. The third-order valence-electron chi connectivity index (χ3n) is 3.76. The zero-order valence-electron chi connectivity index (χ0n) is 14.1. The van der Waals surface area contributed by atoms with Crippen LogP contribution in [0.25, 0.3) is 0 Å². The topological polar surface area (TPSA) is 55.1 Å². The molecule has 0 aliphatic rings. The molecule has 0 fully saturated rings. The van der Waals surface area contributed by atoms with Gasteiger partial charge in [-0.1, -0.05) is 51.5 Å². The van der Waals surface area contributed by atoms with Crippen LogP contribution < -0.4 is 11.1 Å². The Hall–Kier alpha value is -1.35. The van der Waals surface area contributed by atoms with E-state index in [2.05, 4.69) is 43.4 Å². The monoisotopic (exact) mass is 290 g/mol. The largest absolute Gasteiger partial charge is 0.348 e. The molecule has 0 heterocycles. The van der Waals surface area contributed by atoms with Gasteiger partial charge < -0.3 is 11.1 Å². The van der Waals surface area contributed by atoms with Crippen LogP contribution in [0.3, 0.4) is 0 Å². The summed E-state index contributed by atoms with van der Waals surface area (Å²) in [5.74, 6) is 0.572. The molecule has 0 saturated carbocycles. The number of hydrogen-bond donors (Lipinski definition) is 2. The number of rotatable bonds is 7. The molecule has 2 unspecified atom stereocenters. The highest BCUT2D eigenvalue weighted by molar-refractivity contribution is 5.85. The maximum Gasteiger partial charge on any atom is 0.240 e. The molecule has 0 aliphatic carbocycles. The molecule has 3 nitrogen and oxygen atoms in total. The van der Waals surface area contributed by atoms with Crippen LogP contribution in [0.15, 0.2) is 24.3 Å². The summed E-state index contributed by atoms with van der Waals surface area (Å²) in [5.41, 5.74) is 7.72. The van der Waals surface area contributed by atoms with Crippen LogP contribution in [0, 0.1) is 5.92 Å². The number of nitrogens with two attached hydrogens (primary N) is 1. The molecule has 1 aromatic rings. The predicted octanol–water partition coefficient (Wildman–Crippen LogP) is 3.58. The summed E-state index contributed by atoms with van der Waals surface area (Å²) < 4.78 is 0. The lowest BCUT2D eigenvalue weighted by Gasteiger charge is -2.25. The molecule has 2 atom stereocenters. The highest BCUT2D eigenvalue weighted by Gasteiger charge is 2.28. The summed E-state index contributed by atoms with van der Waals surface area (Å²) >= 11 is 0. The second-order valence-electron chi connectivity index (χ2n) is 6.70. The maximum atomic E-state index is 12.2. The third kappa shape index (κ3) is 5.50. The first-order valence-corrected chi connectivity index (χ1v) is 7.95. The van der Waals surface area contributed by atoms with E-state index in [0.29, 0.717) is 12.3 Å². The quantitative estimate of drug-likeness (QED) is 0.806. The highest BCUT2D eigenvalue weighted by atomic mass is 16.2. The molecule has 21 heavy (non-hydrogen) atoms. The Morgan fingerprint density at radius 2 is 1.81 bits per heavy atom. The van der Waals surface area contributed by atoms with Crippen LogP contribution in [0.1, 0.15) is 64.6 Å². The van der Waals surface area contributed by atoms with Crippen LogP contribution in [0.2, 0.25) is 0 Å². The fourth-order valence-corrected chi connectivity index (χ4v) is 2.49. The summed E-state index contributed by atoms with van der Waals surface area (Å²) in [5, 5.41) is 3.02. The van der Waals surface area contributed by atoms with Crippen molar-refractivity contribution in [1.82, 2.24) is 5.32 Å². The van der Waals surface area contributed by atoms with Crippen LogP contribution in [-0.4, -0.2) is 11.4 Å². The molecule has 1 rings (SSSR count). The Bertz CT molecular complexity index is 449. The molecule has 3 N–H and O–H groups in total. The van der Waals surface area contributed by atoms with Gasteiger partial charge in [-0.05, 0) is 43.7 Å². The Labute approximate surface area is 129 Å². The van der Waals surface area contributed by atoms with E-state index in [-0.39, 0.29) is 11.9 Å². The van der Waals surface area contributed by atoms with Crippen molar-refractivity contribution in [3.63, 3.8) is 0 Å². The molecule has 1 amide bonds. The average molecular weight is 290 g/mol. The first-order chi connectivity index (χ1) is 9.76. The van der Waals surface area contributed by atoms with Crippen LogP contribution >= 0.6 is 0 Å². The van der Waals surface area contributed by atoms with Gasteiger partial charge in [-0.2, -0.15) is 0 Å². The van der Waals surface area contributed by atoms with Crippen molar-refractivity contribution in [2.24, 2.45) is 11.7 Å². The summed E-state index contributed by atoms with van der Waals surface area (Å²) in [6, 6.07) is 8.45. The van der Waals surface area contributed by atoms with E-state index in [1.807, 2.05) is 13.8 Å². The molecule has 0 aliphatic heterocycles. The van der Waals surface area contributed by atoms with E-state index in [0.717, 1.165) is 18.4 Å². The van der Waals surface area contributed by atoms with Gasteiger partial charge in [-0.15, -0.1) is 0 Å². The SMILES string of the molecule is CCCC(C)(N)C(=O)NC(C)c1ccc(CC(C)C)cc1. The van der Waals surface area contributed by atoms with Gasteiger partial charge in [0.25, 0.3) is 0 Å². The molecule has 0 radical (unpaired) electrons. The summed E-state index contributed by atoms with van der Waals surface area (Å²) in [7, 11) is 0. The zero-order chi connectivity index (χ0) is 16.0. The Balaban J connectivity index is 2.67. The van der Waals surface area contributed by atoms with Crippen LogP contribution in [0.4, 0.5) is 0 Å². The van der Waals surface area contributed by atoms with Gasteiger partial charge in [0, 0.05) is 0 Å². The normalized spacial score (nSPS) is 15.6. The van der Waals surface area contributed by atoms with Crippen molar-refractivity contribution in [1.29, 1.82) is 0 Å². The van der Waals surface area contributed by atoms with Crippen molar-refractivity contribution >= 4 is 5.91 Å². The van der Waals surface area contributed by atoms with Gasteiger partial charge in [0.2, 0.25) is 5.91 Å². The molecule has 0 spiro atoms. The number of nitrogens with one attached hydrogen (secondary N) is 1. The zero-order valence-corrected chi connectivity index (χ0v) is 14.1. The van der Waals surface area contributed by atoms with E-state index in [1.165, 1.54) is 5.56 Å². The maximum absolute atomic E-state index is 12.2. The van der Waals surface area contributed by atoms with E-state index < -0.39 is 5.54 Å². The van der Waals surface area contributed by atoms with Crippen LogP contribution in [-0.2, 0) is 11.2 Å². The van der Waals surface area contributed by atoms with E-state index in [4.69, 9.17) is 5.73 Å². The Kier molecular flexibility index (Phi) is 6.41. The minimum Gasteiger partial charge on any atom is -0.348 e. The lowest BCUT2D eigenvalue weighted by atomic mass is 9.95. The molecule has 0 aromatic heterocycles. The minimum absolute atomic E-state index is 0.0228. The van der Waals surface area contributed by atoms with Gasteiger partial charge in [0.05, 0.1) is 11.6 Å². The van der Waals surface area contributed by atoms with Crippen molar-refractivity contribution in [3.8, 4) is 0 Å². The van der Waals surface area contributed by atoms with E-state index >= 15 is 0 Å². The second-order valence-corrected chi connectivity index (χ2v) is 6.70. The fraction of sp³-hybridized carbons (Fsp3) is 0.611. The smallest absolute Gasteiger partial charge is 0.240 e. The first kappa shape index (κ1) is 17.7. The number of carbonyl (C=O) groups is 1. The highest BCUT2D eigenvalue weighted by Crippen LogP contribution is 2.17. The van der Waals surface area contributed by atoms with Crippen LogP contribution in [0.5, 0.6) is 0 Å². The standard InChI is InChI=1S/C18H30N2O/c1-6-11-18(5,19)17(21)20-14(4)16-9-7-15(8-10-16)12-13(2)3/h7-10,13-14H,6,11-12,19H2,1-5H3,(H,20,21). The number of amides is 1. The van der Waals surface area contributed by atoms with E-state index in [1.54, 1.807) is 6.92 Å². The van der Waals surface area contributed by atoms with E-state index in [9.17, 15) is 4.79 Å². The molecular weight excluding hydrogens is 260 g/mol. The Morgan fingerprint density at radius 3 is 2.29 bits per heavy atom. The minimum atomic E-state index is -0.791. The Morgan fingerprint density at radius 1 is 1.24 bits per heavy atom. The fourth-order valence-electron chi connectivity index (χ4n) is 2.49. The van der Waals surface area contributed by atoms with Crippen molar-refractivity contribution in [2.75, 3.05) is 0 Å². The molecule has 118 valence electrons. The molecule has 3 heteroatoms.